The van der Waals surface area contributed by atoms with Crippen molar-refractivity contribution in [2.75, 3.05) is 0 Å². The van der Waals surface area contributed by atoms with Crippen molar-refractivity contribution in [2.24, 2.45) is 0 Å². The van der Waals surface area contributed by atoms with E-state index in [-0.39, 0.29) is 5.56 Å². The van der Waals surface area contributed by atoms with Gasteiger partial charge in [0.25, 0.3) is 5.56 Å². The fraction of sp³-hybridized carbons (Fsp3) is 0.556. The highest BCUT2D eigenvalue weighted by atomic mass is 16.1. The Kier molecular flexibility index (Phi) is 1.35. The minimum Gasteiger partial charge on any atom is -0.323 e. The molecule has 2 N–H and O–H groups in total. The summed E-state index contributed by atoms with van der Waals surface area (Å²) in [6.45, 7) is 0. The number of H-pyrrole nitrogens is 1. The number of rotatable bonds is 0. The molecule has 4 nitrogen and oxygen atoms in total. The quantitative estimate of drug-likeness (QED) is 0.591. The summed E-state index contributed by atoms with van der Waals surface area (Å²) >= 11 is 0. The normalized spacial score (nSPS) is 30.2. The summed E-state index contributed by atoms with van der Waals surface area (Å²) in [5.41, 5.74) is 2.01. The zero-order valence-electron chi connectivity index (χ0n) is 7.21. The highest BCUT2D eigenvalue weighted by Gasteiger charge is 2.33. The lowest BCUT2D eigenvalue weighted by molar-refractivity contribution is 0.493. The number of nitrogens with one attached hydrogen (secondary N) is 2. The fourth-order valence-electron chi connectivity index (χ4n) is 2.35. The SMILES string of the molecule is O=c1cnc2c([nH]1)CC1CCC2N1. The maximum absolute atomic E-state index is 11.0. The zero-order chi connectivity index (χ0) is 8.84. The Labute approximate surface area is 75.4 Å². The van der Waals surface area contributed by atoms with Crippen LogP contribution in [0.1, 0.15) is 30.3 Å². The van der Waals surface area contributed by atoms with Crippen LogP contribution >= 0.6 is 0 Å². The first-order chi connectivity index (χ1) is 6.33. The number of fused-ring (bicyclic) bond motifs is 4. The van der Waals surface area contributed by atoms with Crippen molar-refractivity contribution in [1.82, 2.24) is 15.3 Å². The second-order valence-electron chi connectivity index (χ2n) is 3.81. The summed E-state index contributed by atoms with van der Waals surface area (Å²) in [6, 6.07) is 0.933. The number of hydrogen-bond donors (Lipinski definition) is 2. The zero-order valence-corrected chi connectivity index (χ0v) is 7.21. The summed E-state index contributed by atoms with van der Waals surface area (Å²) in [5.74, 6) is 0. The first-order valence-electron chi connectivity index (χ1n) is 4.67. The van der Waals surface area contributed by atoms with Crippen LogP contribution in [0.5, 0.6) is 0 Å². The van der Waals surface area contributed by atoms with Gasteiger partial charge in [-0.15, -0.1) is 0 Å². The van der Waals surface area contributed by atoms with Crippen LogP contribution in [0.4, 0.5) is 0 Å². The molecule has 3 rings (SSSR count). The second kappa shape index (κ2) is 2.42. The molecule has 0 amide bonds. The molecular formula is C9H11N3O. The number of aromatic amines is 1. The van der Waals surface area contributed by atoms with Crippen LogP contribution in [-0.4, -0.2) is 16.0 Å². The first kappa shape index (κ1) is 7.26. The molecule has 3 heterocycles. The third-order valence-corrected chi connectivity index (χ3v) is 2.93. The smallest absolute Gasteiger partial charge is 0.266 e. The predicted molar refractivity (Wildman–Crippen MR) is 47.5 cm³/mol. The first-order valence-corrected chi connectivity index (χ1v) is 4.67. The number of nitrogens with zero attached hydrogens (tertiary/aromatic N) is 1. The van der Waals surface area contributed by atoms with E-state index in [9.17, 15) is 4.79 Å². The van der Waals surface area contributed by atoms with E-state index in [1.165, 1.54) is 12.6 Å². The van der Waals surface area contributed by atoms with E-state index < -0.39 is 0 Å². The van der Waals surface area contributed by atoms with Crippen molar-refractivity contribution in [3.8, 4) is 0 Å². The van der Waals surface area contributed by atoms with Gasteiger partial charge in [-0.25, -0.2) is 0 Å². The topological polar surface area (TPSA) is 57.8 Å². The van der Waals surface area contributed by atoms with Crippen molar-refractivity contribution < 1.29 is 0 Å². The molecule has 0 aromatic carbocycles. The van der Waals surface area contributed by atoms with E-state index in [0.29, 0.717) is 12.1 Å². The van der Waals surface area contributed by atoms with Crippen LogP contribution < -0.4 is 10.9 Å². The van der Waals surface area contributed by atoms with Crippen molar-refractivity contribution in [2.45, 2.75) is 31.3 Å². The van der Waals surface area contributed by atoms with E-state index in [1.54, 1.807) is 0 Å². The highest BCUT2D eigenvalue weighted by Crippen LogP contribution is 2.32. The molecule has 1 fully saturated rings. The molecule has 2 atom stereocenters. The van der Waals surface area contributed by atoms with E-state index in [4.69, 9.17) is 0 Å². The Morgan fingerprint density at radius 2 is 2.38 bits per heavy atom. The maximum Gasteiger partial charge on any atom is 0.266 e. The van der Waals surface area contributed by atoms with Gasteiger partial charge in [0.15, 0.2) is 0 Å². The second-order valence-corrected chi connectivity index (χ2v) is 3.81. The van der Waals surface area contributed by atoms with Crippen LogP contribution in [-0.2, 0) is 6.42 Å². The van der Waals surface area contributed by atoms with Gasteiger partial charge in [-0.05, 0) is 12.8 Å². The average Bonchev–Trinajstić information content (AvgIpc) is 2.48. The van der Waals surface area contributed by atoms with Gasteiger partial charge in [-0.2, -0.15) is 0 Å². The lowest BCUT2D eigenvalue weighted by Crippen LogP contribution is -2.34. The third-order valence-electron chi connectivity index (χ3n) is 2.93. The Morgan fingerprint density at radius 1 is 1.46 bits per heavy atom. The van der Waals surface area contributed by atoms with Crippen LogP contribution in [0, 0.1) is 0 Å². The molecule has 2 bridgehead atoms. The summed E-state index contributed by atoms with van der Waals surface area (Å²) in [6.07, 6.45) is 4.65. The van der Waals surface area contributed by atoms with Crippen LogP contribution in [0.3, 0.4) is 0 Å². The van der Waals surface area contributed by atoms with Gasteiger partial charge in [-0.1, -0.05) is 0 Å². The van der Waals surface area contributed by atoms with E-state index in [0.717, 1.165) is 24.2 Å². The molecule has 1 aromatic heterocycles. The molecule has 0 saturated carbocycles. The van der Waals surface area contributed by atoms with Crippen LogP contribution in [0.25, 0.3) is 0 Å². The Balaban J connectivity index is 2.17. The molecule has 13 heavy (non-hydrogen) atoms. The van der Waals surface area contributed by atoms with Crippen molar-refractivity contribution in [3.05, 3.63) is 27.9 Å². The van der Waals surface area contributed by atoms with Gasteiger partial charge >= 0.3 is 0 Å². The van der Waals surface area contributed by atoms with Gasteiger partial charge in [-0.3, -0.25) is 9.78 Å². The number of aromatic nitrogens is 2. The van der Waals surface area contributed by atoms with Crippen molar-refractivity contribution in [3.63, 3.8) is 0 Å². The van der Waals surface area contributed by atoms with Gasteiger partial charge < -0.3 is 10.3 Å². The molecule has 68 valence electrons. The van der Waals surface area contributed by atoms with Crippen LogP contribution in [0.2, 0.25) is 0 Å². The molecular weight excluding hydrogens is 166 g/mol. The minimum absolute atomic E-state index is 0.0833. The summed E-state index contributed by atoms with van der Waals surface area (Å²) < 4.78 is 0. The van der Waals surface area contributed by atoms with E-state index in [1.807, 2.05) is 0 Å². The molecule has 2 unspecified atom stereocenters. The summed E-state index contributed by atoms with van der Waals surface area (Å²) in [5, 5.41) is 3.48. The van der Waals surface area contributed by atoms with Crippen LogP contribution in [0.15, 0.2) is 11.0 Å². The molecule has 0 radical (unpaired) electrons. The predicted octanol–water partition coefficient (Wildman–Crippen LogP) is 0.119. The van der Waals surface area contributed by atoms with Crippen molar-refractivity contribution in [1.29, 1.82) is 0 Å². The lowest BCUT2D eigenvalue weighted by Gasteiger charge is -2.22. The van der Waals surface area contributed by atoms with Gasteiger partial charge in [0.05, 0.1) is 17.9 Å². The third kappa shape index (κ3) is 1.02. The molecule has 2 aliphatic rings. The minimum atomic E-state index is -0.0833. The number of hydrogen-bond acceptors (Lipinski definition) is 3. The van der Waals surface area contributed by atoms with Gasteiger partial charge in [0.1, 0.15) is 0 Å². The molecule has 2 aliphatic heterocycles. The lowest BCUT2D eigenvalue weighted by atomic mass is 10.1. The summed E-state index contributed by atoms with van der Waals surface area (Å²) in [7, 11) is 0. The molecule has 1 aromatic rings. The Morgan fingerprint density at radius 3 is 3.31 bits per heavy atom. The van der Waals surface area contributed by atoms with E-state index in [2.05, 4.69) is 15.3 Å². The maximum atomic E-state index is 11.0. The fourth-order valence-corrected chi connectivity index (χ4v) is 2.35. The summed E-state index contributed by atoms with van der Waals surface area (Å²) in [4.78, 5) is 18.1. The monoisotopic (exact) mass is 177 g/mol. The van der Waals surface area contributed by atoms with Gasteiger partial charge in [0.2, 0.25) is 0 Å². The molecule has 0 spiro atoms. The largest absolute Gasteiger partial charge is 0.323 e. The Hall–Kier alpha value is -1.16. The van der Waals surface area contributed by atoms with Crippen molar-refractivity contribution >= 4 is 0 Å². The Bertz CT molecular complexity index is 398. The highest BCUT2D eigenvalue weighted by molar-refractivity contribution is 5.22. The van der Waals surface area contributed by atoms with Gasteiger partial charge in [0, 0.05) is 18.2 Å². The molecule has 4 heteroatoms. The molecule has 1 saturated heterocycles. The molecule has 0 aliphatic carbocycles. The standard InChI is InChI=1S/C9H11N3O/c13-8-4-10-9-6-2-1-5(11-6)3-7(9)12-8/h4-6,11H,1-3H2,(H,12,13). The van der Waals surface area contributed by atoms with E-state index >= 15 is 0 Å². The average molecular weight is 177 g/mol.